The molecule has 0 spiro atoms. The molecule has 8 rings (SSSR count). The molecule has 1 saturated carbocycles. The number of hydrazine groups is 1. The summed E-state index contributed by atoms with van der Waals surface area (Å²) in [6, 6.07) is 23.5. The second-order valence-electron chi connectivity index (χ2n) is 13.8. The molecule has 12 heteroatoms. The Bertz CT molecular complexity index is 2220. The fourth-order valence-corrected chi connectivity index (χ4v) is 9.52. The van der Waals surface area contributed by atoms with Crippen molar-refractivity contribution in [1.29, 1.82) is 0 Å². The summed E-state index contributed by atoms with van der Waals surface area (Å²) in [5.74, 6) is -5.08. The lowest BCUT2D eigenvalue weighted by atomic mass is 9.49. The number of fused-ring (bicyclic) bond motifs is 4. The molecule has 2 heterocycles. The highest BCUT2D eigenvalue weighted by atomic mass is 35.5. The summed E-state index contributed by atoms with van der Waals surface area (Å²) in [5.41, 5.74) is 4.85. The third-order valence-electron chi connectivity index (χ3n) is 11.2. The number of allylic oxidation sites excluding steroid dienone is 2. The van der Waals surface area contributed by atoms with Gasteiger partial charge in [0.1, 0.15) is 11.5 Å². The molecule has 0 radical (unpaired) electrons. The van der Waals surface area contributed by atoms with Gasteiger partial charge in [0.05, 0.1) is 46.7 Å². The van der Waals surface area contributed by atoms with E-state index in [9.17, 15) is 19.5 Å². The summed E-state index contributed by atoms with van der Waals surface area (Å²) in [6.45, 7) is 1.84. The Morgan fingerprint density at radius 3 is 2.31 bits per heavy atom. The molecule has 0 aromatic heterocycles. The van der Waals surface area contributed by atoms with Crippen molar-refractivity contribution in [3.63, 3.8) is 0 Å². The molecule has 6 atom stereocenters. The molecule has 4 aromatic carbocycles. The SMILES string of the molecule is COc1ccc([C@@]23C(=O)N(Nc4ccc(Cl)cc4Cl)C(=O)[C@@H]2C[C@@H]2C(=CC[C@@H]4C(=O)N(c5ccc(C)c(Cl)c5)C(=O)[C@@H]42)[C@@H]3c2cccc(O)c2)cc1. The van der Waals surface area contributed by atoms with E-state index >= 15 is 4.79 Å². The van der Waals surface area contributed by atoms with Crippen molar-refractivity contribution < 1.29 is 29.0 Å². The monoisotopic (exact) mass is 755 g/mol. The van der Waals surface area contributed by atoms with Crippen LogP contribution in [0.4, 0.5) is 11.4 Å². The topological polar surface area (TPSA) is 116 Å². The summed E-state index contributed by atoms with van der Waals surface area (Å²) in [6.07, 6.45) is 2.32. The first kappa shape index (κ1) is 34.3. The number of nitrogens with zero attached hydrogens (tertiary/aromatic N) is 2. The van der Waals surface area contributed by atoms with E-state index in [2.05, 4.69) is 5.43 Å². The quantitative estimate of drug-likeness (QED) is 0.152. The Morgan fingerprint density at radius 2 is 1.62 bits per heavy atom. The average Bonchev–Trinajstić information content (AvgIpc) is 3.51. The van der Waals surface area contributed by atoms with Gasteiger partial charge < -0.3 is 9.84 Å². The van der Waals surface area contributed by atoms with Crippen molar-refractivity contribution in [1.82, 2.24) is 5.01 Å². The van der Waals surface area contributed by atoms with Gasteiger partial charge in [-0.05, 0) is 97.0 Å². The van der Waals surface area contributed by atoms with Gasteiger partial charge in [-0.15, -0.1) is 0 Å². The fourth-order valence-electron chi connectivity index (χ4n) is 8.90. The maximum Gasteiger partial charge on any atom is 0.260 e. The lowest BCUT2D eigenvalue weighted by Crippen LogP contribution is -2.53. The minimum atomic E-state index is -1.53. The molecule has 4 aliphatic rings. The van der Waals surface area contributed by atoms with E-state index in [-0.39, 0.29) is 35.4 Å². The van der Waals surface area contributed by atoms with Crippen LogP contribution in [-0.2, 0) is 24.6 Å². The van der Waals surface area contributed by atoms with Crippen molar-refractivity contribution in [2.45, 2.75) is 31.1 Å². The van der Waals surface area contributed by atoms with E-state index in [4.69, 9.17) is 39.5 Å². The second kappa shape index (κ2) is 12.7. The zero-order valence-electron chi connectivity index (χ0n) is 28.0. The number of phenolic OH excluding ortho intramolecular Hbond substituents is 1. The van der Waals surface area contributed by atoms with Gasteiger partial charge in [0, 0.05) is 16.0 Å². The van der Waals surface area contributed by atoms with Crippen LogP contribution in [0.2, 0.25) is 15.1 Å². The number of imide groups is 2. The Balaban J connectivity index is 1.32. The van der Waals surface area contributed by atoms with Crippen LogP contribution in [0.3, 0.4) is 0 Å². The summed E-state index contributed by atoms with van der Waals surface area (Å²) in [4.78, 5) is 59.9. The smallest absolute Gasteiger partial charge is 0.260 e. The molecule has 9 nitrogen and oxygen atoms in total. The van der Waals surface area contributed by atoms with Crippen LogP contribution in [0.15, 0.2) is 96.6 Å². The Morgan fingerprint density at radius 1 is 0.846 bits per heavy atom. The van der Waals surface area contributed by atoms with Crippen molar-refractivity contribution in [3.05, 3.63) is 128 Å². The second-order valence-corrected chi connectivity index (χ2v) is 15.0. The van der Waals surface area contributed by atoms with Gasteiger partial charge in [0.2, 0.25) is 11.8 Å². The van der Waals surface area contributed by atoms with E-state index in [1.54, 1.807) is 73.8 Å². The standard InChI is InChI=1S/C40H32Cl3N3O6/c1-20-6-10-24(18-31(20)42)45-36(48)28-14-13-27-29(34(28)38(45)50)19-30-37(49)46(44-33-15-9-23(41)17-32(33)43)39(51)40(30,22-7-11-26(52-2)12-8-22)35(27)21-4-3-5-25(47)16-21/h3-13,15-18,28-30,34-35,44,47H,14,19H2,1-2H3/t28-,29+,30-,34-,35-,40+/m0/s1. The first-order valence-electron chi connectivity index (χ1n) is 16.8. The lowest BCUT2D eigenvalue weighted by Gasteiger charge is -2.50. The van der Waals surface area contributed by atoms with Crippen LogP contribution in [-0.4, -0.2) is 40.9 Å². The minimum Gasteiger partial charge on any atom is -0.508 e. The largest absolute Gasteiger partial charge is 0.508 e. The number of carbonyl (C=O) groups excluding carboxylic acids is 4. The normalized spacial score (nSPS) is 26.6. The molecule has 2 aliphatic heterocycles. The number of carbonyl (C=O) groups is 4. The molecule has 4 amide bonds. The highest BCUT2D eigenvalue weighted by Crippen LogP contribution is 2.64. The van der Waals surface area contributed by atoms with Gasteiger partial charge in [-0.2, -0.15) is 5.01 Å². The minimum absolute atomic E-state index is 0.0235. The Labute approximate surface area is 314 Å². The number of aryl methyl sites for hydroxylation is 1. The summed E-state index contributed by atoms with van der Waals surface area (Å²) < 4.78 is 5.45. The number of hydrogen-bond donors (Lipinski definition) is 2. The third-order valence-corrected chi connectivity index (χ3v) is 12.2. The van der Waals surface area contributed by atoms with Gasteiger partial charge in [-0.3, -0.25) is 24.6 Å². The molecule has 0 unspecified atom stereocenters. The number of anilines is 2. The number of aromatic hydroxyl groups is 1. The highest BCUT2D eigenvalue weighted by Gasteiger charge is 2.70. The Kier molecular flexibility index (Phi) is 8.36. The number of methoxy groups -OCH3 is 1. The van der Waals surface area contributed by atoms with Crippen LogP contribution in [0.25, 0.3) is 0 Å². The predicted molar refractivity (Wildman–Crippen MR) is 197 cm³/mol. The van der Waals surface area contributed by atoms with Crippen molar-refractivity contribution in [2.24, 2.45) is 23.7 Å². The zero-order valence-corrected chi connectivity index (χ0v) is 30.2. The third kappa shape index (κ3) is 5.04. The van der Waals surface area contributed by atoms with E-state index in [0.29, 0.717) is 38.3 Å². The molecule has 2 saturated heterocycles. The van der Waals surface area contributed by atoms with Crippen LogP contribution in [0, 0.1) is 30.6 Å². The maximum absolute atomic E-state index is 15.3. The first-order valence-corrected chi connectivity index (χ1v) is 18.0. The molecule has 2 N–H and O–H groups in total. The number of hydrogen-bond acceptors (Lipinski definition) is 7. The van der Waals surface area contributed by atoms with Gasteiger partial charge in [0.25, 0.3) is 11.8 Å². The van der Waals surface area contributed by atoms with E-state index < -0.39 is 46.8 Å². The number of amides is 4. The molecule has 52 heavy (non-hydrogen) atoms. The van der Waals surface area contributed by atoms with Crippen molar-refractivity contribution in [2.75, 3.05) is 17.4 Å². The fraction of sp³-hybridized carbons (Fsp3) is 0.250. The number of phenols is 1. The van der Waals surface area contributed by atoms with Gasteiger partial charge in [0.15, 0.2) is 0 Å². The molecule has 264 valence electrons. The molecular formula is C40H32Cl3N3O6. The van der Waals surface area contributed by atoms with Gasteiger partial charge >= 0.3 is 0 Å². The highest BCUT2D eigenvalue weighted by molar-refractivity contribution is 6.36. The number of benzene rings is 4. The van der Waals surface area contributed by atoms with E-state index in [1.165, 1.54) is 17.0 Å². The van der Waals surface area contributed by atoms with Gasteiger partial charge in [-0.1, -0.05) is 76.8 Å². The van der Waals surface area contributed by atoms with Gasteiger partial charge in [-0.25, -0.2) is 4.90 Å². The Hall–Kier alpha value is -4.83. The van der Waals surface area contributed by atoms with Crippen molar-refractivity contribution in [3.8, 4) is 11.5 Å². The number of rotatable bonds is 6. The van der Waals surface area contributed by atoms with Crippen LogP contribution < -0.4 is 15.1 Å². The summed E-state index contributed by atoms with van der Waals surface area (Å²) in [5, 5.41) is 12.8. The average molecular weight is 757 g/mol. The van der Waals surface area contributed by atoms with Crippen LogP contribution in [0.1, 0.15) is 35.4 Å². The zero-order chi connectivity index (χ0) is 36.6. The van der Waals surface area contributed by atoms with E-state index in [0.717, 1.165) is 16.1 Å². The number of ether oxygens (including phenoxy) is 1. The molecule has 2 aliphatic carbocycles. The molecule has 4 aromatic rings. The summed E-state index contributed by atoms with van der Waals surface area (Å²) >= 11 is 19.1. The van der Waals surface area contributed by atoms with Crippen molar-refractivity contribution >= 4 is 69.8 Å². The van der Waals surface area contributed by atoms with Crippen LogP contribution >= 0.6 is 34.8 Å². The number of nitrogens with one attached hydrogen (secondary N) is 1. The first-order chi connectivity index (χ1) is 24.9. The molecule has 3 fully saturated rings. The molecular weight excluding hydrogens is 725 g/mol. The molecule has 0 bridgehead atoms. The number of halogens is 3. The van der Waals surface area contributed by atoms with E-state index in [1.807, 2.05) is 19.1 Å². The maximum atomic E-state index is 15.3. The predicted octanol–water partition coefficient (Wildman–Crippen LogP) is 7.86. The van der Waals surface area contributed by atoms with Crippen LogP contribution in [0.5, 0.6) is 11.5 Å². The summed E-state index contributed by atoms with van der Waals surface area (Å²) in [7, 11) is 1.54. The lowest BCUT2D eigenvalue weighted by molar-refractivity contribution is -0.138.